The Morgan fingerprint density at radius 3 is 2.58 bits per heavy atom. The molecule has 0 amide bonds. The smallest absolute Gasteiger partial charge is 0.247 e. The number of hydrogen-bond acceptors (Lipinski definition) is 3. The van der Waals surface area contributed by atoms with Crippen LogP contribution in [0.2, 0.25) is 0 Å². The second-order valence-corrected chi connectivity index (χ2v) is 7.43. The lowest BCUT2D eigenvalue weighted by molar-refractivity contribution is 0.0871. The summed E-state index contributed by atoms with van der Waals surface area (Å²) in [6.07, 6.45) is 3.04. The van der Waals surface area contributed by atoms with E-state index < -0.39 is 0 Å². The lowest BCUT2D eigenvalue weighted by atomic mass is 9.75. The number of rotatable bonds is 4. The Balaban J connectivity index is 2.07. The van der Waals surface area contributed by atoms with Gasteiger partial charge in [-0.05, 0) is 23.8 Å². The predicted molar refractivity (Wildman–Crippen MR) is 93.4 cm³/mol. The molecule has 1 aromatic heterocycles. The molecule has 0 unspecified atom stereocenters. The van der Waals surface area contributed by atoms with Crippen LogP contribution < -0.4 is 0 Å². The SMILES string of the molecule is CCCC(=O)n1nc(Cc2ccccc2)c2c1CC(C)(C)CC2=O. The summed E-state index contributed by atoms with van der Waals surface area (Å²) < 4.78 is 1.51. The van der Waals surface area contributed by atoms with E-state index in [9.17, 15) is 9.59 Å². The van der Waals surface area contributed by atoms with Gasteiger partial charge in [0.1, 0.15) is 0 Å². The molecule has 2 aromatic rings. The van der Waals surface area contributed by atoms with Crippen LogP contribution in [0.3, 0.4) is 0 Å². The summed E-state index contributed by atoms with van der Waals surface area (Å²) in [6.45, 7) is 6.13. The van der Waals surface area contributed by atoms with Gasteiger partial charge in [-0.25, -0.2) is 4.68 Å². The number of fused-ring (bicyclic) bond motifs is 1. The monoisotopic (exact) mass is 324 g/mol. The number of aromatic nitrogens is 2. The molecule has 126 valence electrons. The summed E-state index contributed by atoms with van der Waals surface area (Å²) in [7, 11) is 0. The van der Waals surface area contributed by atoms with Crippen molar-refractivity contribution in [3.05, 3.63) is 52.8 Å². The number of carbonyl (C=O) groups is 2. The van der Waals surface area contributed by atoms with E-state index in [4.69, 9.17) is 0 Å². The average molecular weight is 324 g/mol. The second kappa shape index (κ2) is 6.34. The van der Waals surface area contributed by atoms with Crippen molar-refractivity contribution in [1.82, 2.24) is 9.78 Å². The Kier molecular flexibility index (Phi) is 4.39. The Hall–Kier alpha value is -2.23. The zero-order valence-corrected chi connectivity index (χ0v) is 14.6. The number of hydrogen-bond donors (Lipinski definition) is 0. The molecule has 4 nitrogen and oxygen atoms in total. The van der Waals surface area contributed by atoms with Gasteiger partial charge in [-0.3, -0.25) is 9.59 Å². The number of ketones is 1. The van der Waals surface area contributed by atoms with E-state index in [-0.39, 0.29) is 17.1 Å². The fourth-order valence-electron chi connectivity index (χ4n) is 3.47. The molecular weight excluding hydrogens is 300 g/mol. The standard InChI is InChI=1S/C20H24N2O2/c1-4-8-18(24)22-16-12-20(2,3)13-17(23)19(16)15(21-22)11-14-9-6-5-7-10-14/h5-7,9-10H,4,8,11-13H2,1-3H3. The molecule has 0 bridgehead atoms. The zero-order chi connectivity index (χ0) is 17.3. The molecule has 0 radical (unpaired) electrons. The predicted octanol–water partition coefficient (Wildman–Crippen LogP) is 4.07. The topological polar surface area (TPSA) is 52.0 Å². The van der Waals surface area contributed by atoms with Gasteiger partial charge < -0.3 is 0 Å². The summed E-state index contributed by atoms with van der Waals surface area (Å²) in [5.41, 5.74) is 3.20. The van der Waals surface area contributed by atoms with Crippen molar-refractivity contribution >= 4 is 11.7 Å². The highest BCUT2D eigenvalue weighted by molar-refractivity contribution is 6.01. The van der Waals surface area contributed by atoms with Crippen molar-refractivity contribution < 1.29 is 9.59 Å². The van der Waals surface area contributed by atoms with Crippen molar-refractivity contribution in [2.24, 2.45) is 5.41 Å². The molecule has 0 fully saturated rings. The molecule has 1 aliphatic carbocycles. The van der Waals surface area contributed by atoms with E-state index in [1.54, 1.807) is 0 Å². The van der Waals surface area contributed by atoms with Gasteiger partial charge in [-0.15, -0.1) is 0 Å². The lowest BCUT2D eigenvalue weighted by Gasteiger charge is -2.29. The normalized spacial score (nSPS) is 16.0. The van der Waals surface area contributed by atoms with Crippen LogP contribution in [0.25, 0.3) is 0 Å². The quantitative estimate of drug-likeness (QED) is 0.852. The summed E-state index contributed by atoms with van der Waals surface area (Å²) in [5.74, 6) is 0.0984. The minimum Gasteiger partial charge on any atom is -0.294 e. The van der Waals surface area contributed by atoms with Crippen LogP contribution in [0.15, 0.2) is 30.3 Å². The first-order chi connectivity index (χ1) is 11.4. The second-order valence-electron chi connectivity index (χ2n) is 7.43. The number of benzene rings is 1. The third-order valence-corrected chi connectivity index (χ3v) is 4.53. The van der Waals surface area contributed by atoms with E-state index in [1.165, 1.54) is 4.68 Å². The molecule has 1 heterocycles. The van der Waals surface area contributed by atoms with Crippen molar-refractivity contribution in [3.8, 4) is 0 Å². The van der Waals surface area contributed by atoms with Gasteiger partial charge in [0.2, 0.25) is 5.91 Å². The highest BCUT2D eigenvalue weighted by Crippen LogP contribution is 2.36. The average Bonchev–Trinajstić information content (AvgIpc) is 2.85. The largest absolute Gasteiger partial charge is 0.294 e. The zero-order valence-electron chi connectivity index (χ0n) is 14.6. The first kappa shape index (κ1) is 16.6. The van der Waals surface area contributed by atoms with Gasteiger partial charge in [0.15, 0.2) is 5.78 Å². The molecule has 3 rings (SSSR count). The maximum atomic E-state index is 12.7. The first-order valence-electron chi connectivity index (χ1n) is 8.62. The molecule has 4 heteroatoms. The Labute approximate surface area is 142 Å². The van der Waals surface area contributed by atoms with Crippen molar-refractivity contribution in [3.63, 3.8) is 0 Å². The van der Waals surface area contributed by atoms with E-state index >= 15 is 0 Å². The Morgan fingerprint density at radius 1 is 1.21 bits per heavy atom. The fraction of sp³-hybridized carbons (Fsp3) is 0.450. The molecular formula is C20H24N2O2. The fourth-order valence-corrected chi connectivity index (χ4v) is 3.47. The number of nitrogens with zero attached hydrogens (tertiary/aromatic N) is 2. The maximum Gasteiger partial charge on any atom is 0.247 e. The molecule has 0 spiro atoms. The van der Waals surface area contributed by atoms with E-state index in [0.717, 1.165) is 23.4 Å². The lowest BCUT2D eigenvalue weighted by Crippen LogP contribution is -2.29. The van der Waals surface area contributed by atoms with Gasteiger partial charge >= 0.3 is 0 Å². The van der Waals surface area contributed by atoms with Crippen LogP contribution >= 0.6 is 0 Å². The summed E-state index contributed by atoms with van der Waals surface area (Å²) in [4.78, 5) is 25.2. The molecule has 1 aliphatic rings. The van der Waals surface area contributed by atoms with Gasteiger partial charge in [0, 0.05) is 19.3 Å². The molecule has 0 N–H and O–H groups in total. The minimum absolute atomic E-state index is 0.0152. The summed E-state index contributed by atoms with van der Waals surface area (Å²) in [5, 5.41) is 4.57. The Morgan fingerprint density at radius 2 is 1.92 bits per heavy atom. The van der Waals surface area contributed by atoms with Crippen LogP contribution in [0, 0.1) is 5.41 Å². The van der Waals surface area contributed by atoms with Gasteiger partial charge in [-0.2, -0.15) is 5.10 Å². The minimum atomic E-state index is -0.127. The summed E-state index contributed by atoms with van der Waals surface area (Å²) >= 11 is 0. The van der Waals surface area contributed by atoms with Gasteiger partial charge in [0.05, 0.1) is 17.0 Å². The van der Waals surface area contributed by atoms with Gasteiger partial charge in [0.25, 0.3) is 0 Å². The molecule has 24 heavy (non-hydrogen) atoms. The molecule has 0 saturated carbocycles. The van der Waals surface area contributed by atoms with E-state index in [2.05, 4.69) is 18.9 Å². The Bertz CT molecular complexity index is 772. The highest BCUT2D eigenvalue weighted by Gasteiger charge is 2.37. The first-order valence-corrected chi connectivity index (χ1v) is 8.62. The third kappa shape index (κ3) is 3.18. The number of Topliss-reactive ketones (excluding diaryl/α,β-unsaturated/α-hetero) is 1. The maximum absolute atomic E-state index is 12.7. The van der Waals surface area contributed by atoms with Crippen LogP contribution in [-0.4, -0.2) is 21.5 Å². The number of carbonyl (C=O) groups excluding carboxylic acids is 2. The molecule has 0 saturated heterocycles. The van der Waals surface area contributed by atoms with Crippen molar-refractivity contribution in [2.75, 3.05) is 0 Å². The molecule has 0 atom stereocenters. The van der Waals surface area contributed by atoms with Crippen LogP contribution in [-0.2, 0) is 12.8 Å². The highest BCUT2D eigenvalue weighted by atomic mass is 16.2. The summed E-state index contributed by atoms with van der Waals surface area (Å²) in [6, 6.07) is 9.97. The third-order valence-electron chi connectivity index (χ3n) is 4.53. The van der Waals surface area contributed by atoms with Crippen LogP contribution in [0.4, 0.5) is 0 Å². The molecule has 0 aliphatic heterocycles. The van der Waals surface area contributed by atoms with E-state index in [0.29, 0.717) is 31.2 Å². The van der Waals surface area contributed by atoms with Crippen molar-refractivity contribution in [2.45, 2.75) is 52.9 Å². The van der Waals surface area contributed by atoms with Gasteiger partial charge in [-0.1, -0.05) is 51.1 Å². The van der Waals surface area contributed by atoms with Crippen LogP contribution in [0.1, 0.15) is 72.1 Å². The van der Waals surface area contributed by atoms with Crippen molar-refractivity contribution in [1.29, 1.82) is 0 Å². The van der Waals surface area contributed by atoms with Crippen LogP contribution in [0.5, 0.6) is 0 Å². The van der Waals surface area contributed by atoms with E-state index in [1.807, 2.05) is 37.3 Å². The molecule has 1 aromatic carbocycles.